The van der Waals surface area contributed by atoms with E-state index in [1.807, 2.05) is 29.6 Å². The van der Waals surface area contributed by atoms with Gasteiger partial charge in [0, 0.05) is 22.0 Å². The van der Waals surface area contributed by atoms with Crippen molar-refractivity contribution < 1.29 is 19.0 Å². The highest BCUT2D eigenvalue weighted by Crippen LogP contribution is 2.32. The Labute approximate surface area is 214 Å². The van der Waals surface area contributed by atoms with Crippen molar-refractivity contribution in [3.8, 4) is 17.0 Å². The topological polar surface area (TPSA) is 97.2 Å². The molecule has 10 heteroatoms. The van der Waals surface area contributed by atoms with Crippen LogP contribution in [0.3, 0.4) is 0 Å². The third-order valence-corrected chi connectivity index (χ3v) is 6.41. The predicted molar refractivity (Wildman–Crippen MR) is 137 cm³/mol. The lowest BCUT2D eigenvalue weighted by Crippen LogP contribution is -1.99. The summed E-state index contributed by atoms with van der Waals surface area (Å²) < 4.78 is 19.1. The summed E-state index contributed by atoms with van der Waals surface area (Å²) in [6, 6.07) is 17.1. The molecular formula is C26H18ClFN4O3S. The van der Waals surface area contributed by atoms with Crippen molar-refractivity contribution in [1.29, 1.82) is 0 Å². The smallest absolute Gasteiger partial charge is 0.310 e. The van der Waals surface area contributed by atoms with E-state index < -0.39 is 5.97 Å². The molecule has 0 aliphatic heterocycles. The molecule has 36 heavy (non-hydrogen) atoms. The molecular weight excluding hydrogens is 503 g/mol. The minimum atomic E-state index is -0.918. The normalized spacial score (nSPS) is 10.9. The van der Waals surface area contributed by atoms with Crippen molar-refractivity contribution >= 4 is 51.3 Å². The Balaban J connectivity index is 1.37. The third kappa shape index (κ3) is 5.42. The Hall–Kier alpha value is -4.08. The number of carboxylic acids is 1. The molecule has 2 heterocycles. The number of hydrogen-bond donors (Lipinski definition) is 2. The van der Waals surface area contributed by atoms with Crippen LogP contribution in [0, 0.1) is 5.82 Å². The van der Waals surface area contributed by atoms with E-state index in [4.69, 9.17) is 21.4 Å². The van der Waals surface area contributed by atoms with Gasteiger partial charge >= 0.3 is 5.97 Å². The Morgan fingerprint density at radius 3 is 2.81 bits per heavy atom. The number of thiazole rings is 1. The summed E-state index contributed by atoms with van der Waals surface area (Å²) in [5, 5.41) is 15.8. The van der Waals surface area contributed by atoms with Crippen LogP contribution >= 0.6 is 22.9 Å². The lowest BCUT2D eigenvalue weighted by Gasteiger charge is -2.12. The zero-order chi connectivity index (χ0) is 25.1. The number of fused-ring (bicyclic) bond motifs is 1. The fourth-order valence-corrected chi connectivity index (χ4v) is 4.62. The van der Waals surface area contributed by atoms with Crippen molar-refractivity contribution in [1.82, 2.24) is 15.0 Å². The Bertz CT molecular complexity index is 1580. The van der Waals surface area contributed by atoms with Crippen molar-refractivity contribution in [2.45, 2.75) is 13.0 Å². The fourth-order valence-electron chi connectivity index (χ4n) is 3.59. The van der Waals surface area contributed by atoms with Gasteiger partial charge < -0.3 is 15.2 Å². The summed E-state index contributed by atoms with van der Waals surface area (Å²) in [7, 11) is 0. The van der Waals surface area contributed by atoms with E-state index in [-0.39, 0.29) is 18.8 Å². The monoisotopic (exact) mass is 520 g/mol. The average molecular weight is 521 g/mol. The number of nitrogens with zero attached hydrogens (tertiary/aromatic N) is 3. The molecule has 7 nitrogen and oxygen atoms in total. The fraction of sp³-hybridized carbons (Fsp3) is 0.0769. The number of carboxylic acid groups (broad SMARTS) is 1. The molecule has 2 N–H and O–H groups in total. The highest BCUT2D eigenvalue weighted by molar-refractivity contribution is 7.10. The molecule has 0 aliphatic rings. The summed E-state index contributed by atoms with van der Waals surface area (Å²) in [5.74, 6) is -0.190. The van der Waals surface area contributed by atoms with Crippen LogP contribution < -0.4 is 10.1 Å². The van der Waals surface area contributed by atoms with Crippen molar-refractivity contribution in [3.05, 3.63) is 93.8 Å². The molecule has 5 aromatic rings. The number of benzene rings is 3. The molecule has 0 saturated carbocycles. The van der Waals surface area contributed by atoms with E-state index in [1.165, 1.54) is 29.8 Å². The van der Waals surface area contributed by atoms with Gasteiger partial charge in [0.25, 0.3) is 0 Å². The largest absolute Gasteiger partial charge is 0.487 e. The minimum Gasteiger partial charge on any atom is -0.487 e. The quantitative estimate of drug-likeness (QED) is 0.241. The van der Waals surface area contributed by atoms with E-state index >= 15 is 0 Å². The maximum absolute atomic E-state index is 13.4. The van der Waals surface area contributed by atoms with Gasteiger partial charge in [0.15, 0.2) is 0 Å². The molecule has 0 radical (unpaired) electrons. The van der Waals surface area contributed by atoms with Crippen LogP contribution in [-0.4, -0.2) is 26.0 Å². The first-order chi connectivity index (χ1) is 17.4. The van der Waals surface area contributed by atoms with Crippen LogP contribution in [0.5, 0.6) is 5.75 Å². The standard InChI is InChI=1S/C26H18ClFN4O3S/c27-20-10-18(5-7-23(20)35-12-15-2-1-3-17(28)8-15)31-26-19-9-16(4-6-21(19)29-14-30-26)22-13-36-24(32-22)11-25(33)34/h1-10,13-14H,11-12H2,(H,33,34)(H,29,30,31). The van der Waals surface area contributed by atoms with Gasteiger partial charge in [-0.3, -0.25) is 4.79 Å². The van der Waals surface area contributed by atoms with E-state index in [1.54, 1.807) is 24.3 Å². The number of halogens is 2. The molecule has 2 aromatic heterocycles. The van der Waals surface area contributed by atoms with Crippen LogP contribution in [0.25, 0.3) is 22.2 Å². The van der Waals surface area contributed by atoms with Crippen LogP contribution in [0.15, 0.2) is 72.4 Å². The second-order valence-electron chi connectivity index (χ2n) is 7.84. The second-order valence-corrected chi connectivity index (χ2v) is 9.19. The SMILES string of the molecule is O=C(O)Cc1nc(-c2ccc3ncnc(Nc4ccc(OCc5cccc(F)c5)c(Cl)c4)c3c2)cs1. The predicted octanol–water partition coefficient (Wildman–Crippen LogP) is 6.50. The molecule has 180 valence electrons. The molecule has 0 atom stereocenters. The first kappa shape index (κ1) is 23.7. The van der Waals surface area contributed by atoms with Gasteiger partial charge in [-0.05, 0) is 48.0 Å². The number of carbonyl (C=O) groups is 1. The number of rotatable bonds is 8. The number of anilines is 2. The van der Waals surface area contributed by atoms with Gasteiger partial charge in [0.1, 0.15) is 35.3 Å². The van der Waals surface area contributed by atoms with Crippen molar-refractivity contribution in [2.75, 3.05) is 5.32 Å². The van der Waals surface area contributed by atoms with Crippen molar-refractivity contribution in [3.63, 3.8) is 0 Å². The van der Waals surface area contributed by atoms with Gasteiger partial charge in [-0.25, -0.2) is 19.3 Å². The summed E-state index contributed by atoms with van der Waals surface area (Å²) in [6.45, 7) is 0.189. The number of nitrogens with one attached hydrogen (secondary N) is 1. The first-order valence-electron chi connectivity index (χ1n) is 10.8. The van der Waals surface area contributed by atoms with Gasteiger partial charge in [-0.1, -0.05) is 29.8 Å². The van der Waals surface area contributed by atoms with E-state index in [2.05, 4.69) is 20.3 Å². The molecule has 0 saturated heterocycles. The van der Waals surface area contributed by atoms with Gasteiger partial charge in [0.2, 0.25) is 0 Å². The highest BCUT2D eigenvalue weighted by Gasteiger charge is 2.12. The molecule has 0 fully saturated rings. The van der Waals surface area contributed by atoms with Gasteiger partial charge in [-0.15, -0.1) is 11.3 Å². The molecule has 0 unspecified atom stereocenters. The Morgan fingerprint density at radius 1 is 1.11 bits per heavy atom. The summed E-state index contributed by atoms with van der Waals surface area (Å²) in [6.07, 6.45) is 1.35. The Morgan fingerprint density at radius 2 is 2.00 bits per heavy atom. The number of aromatic nitrogens is 3. The molecule has 0 bridgehead atoms. The minimum absolute atomic E-state index is 0.114. The van der Waals surface area contributed by atoms with Crippen LogP contribution in [0.1, 0.15) is 10.6 Å². The van der Waals surface area contributed by atoms with E-state index in [9.17, 15) is 9.18 Å². The summed E-state index contributed by atoms with van der Waals surface area (Å²) in [5.41, 5.74) is 3.65. The highest BCUT2D eigenvalue weighted by atomic mass is 35.5. The third-order valence-electron chi connectivity index (χ3n) is 5.26. The lowest BCUT2D eigenvalue weighted by molar-refractivity contribution is -0.136. The second kappa shape index (κ2) is 10.3. The lowest BCUT2D eigenvalue weighted by atomic mass is 10.1. The van der Waals surface area contributed by atoms with Crippen LogP contribution in [-0.2, 0) is 17.8 Å². The zero-order valence-corrected chi connectivity index (χ0v) is 20.2. The van der Waals surface area contributed by atoms with Gasteiger partial charge in [0.05, 0.1) is 22.7 Å². The molecule has 5 rings (SSSR count). The van der Waals surface area contributed by atoms with Crippen molar-refractivity contribution in [2.24, 2.45) is 0 Å². The zero-order valence-electron chi connectivity index (χ0n) is 18.6. The maximum Gasteiger partial charge on any atom is 0.310 e. The molecule has 0 amide bonds. The Kier molecular flexibility index (Phi) is 6.75. The van der Waals surface area contributed by atoms with Crippen LogP contribution in [0.4, 0.5) is 15.9 Å². The number of ether oxygens (including phenoxy) is 1. The number of hydrogen-bond acceptors (Lipinski definition) is 7. The van der Waals surface area contributed by atoms with E-state index in [0.717, 1.165) is 16.5 Å². The van der Waals surface area contributed by atoms with Crippen LogP contribution in [0.2, 0.25) is 5.02 Å². The summed E-state index contributed by atoms with van der Waals surface area (Å²) in [4.78, 5) is 24.1. The van der Waals surface area contributed by atoms with E-state index in [0.29, 0.717) is 38.5 Å². The average Bonchev–Trinajstić information content (AvgIpc) is 3.31. The summed E-state index contributed by atoms with van der Waals surface area (Å²) >= 11 is 7.74. The first-order valence-corrected chi connectivity index (χ1v) is 12.1. The van der Waals surface area contributed by atoms with Gasteiger partial charge in [-0.2, -0.15) is 0 Å². The molecule has 3 aromatic carbocycles. The number of aliphatic carboxylic acids is 1. The maximum atomic E-state index is 13.4. The molecule has 0 spiro atoms. The molecule has 0 aliphatic carbocycles.